The summed E-state index contributed by atoms with van der Waals surface area (Å²) >= 11 is 8.10. The summed E-state index contributed by atoms with van der Waals surface area (Å²) in [5.41, 5.74) is 0.557. The van der Waals surface area contributed by atoms with E-state index in [-0.39, 0.29) is 24.3 Å². The fourth-order valence-corrected chi connectivity index (χ4v) is 4.05. The molecule has 1 atom stereocenters. The molecule has 1 aromatic carbocycles. The van der Waals surface area contributed by atoms with Crippen LogP contribution >= 0.6 is 40.1 Å². The molecule has 2 aromatic heterocycles. The highest BCUT2D eigenvalue weighted by Crippen LogP contribution is 2.21. The number of aliphatic hydroxyl groups excluding tert-OH is 1. The minimum atomic E-state index is -0.442. The van der Waals surface area contributed by atoms with E-state index in [1.165, 1.54) is 9.13 Å². The van der Waals surface area contributed by atoms with Crippen molar-refractivity contribution in [3.05, 3.63) is 61.5 Å². The van der Waals surface area contributed by atoms with E-state index >= 15 is 0 Å². The summed E-state index contributed by atoms with van der Waals surface area (Å²) in [5.74, 6) is 5.64. The first-order valence-electron chi connectivity index (χ1n) is 8.99. The maximum Gasteiger partial charge on any atom is 0.332 e. The highest BCUT2D eigenvalue weighted by Gasteiger charge is 2.19. The van der Waals surface area contributed by atoms with Gasteiger partial charge in [-0.2, -0.15) is 0 Å². The van der Waals surface area contributed by atoms with Gasteiger partial charge in [-0.25, -0.2) is 9.78 Å². The van der Waals surface area contributed by atoms with Crippen LogP contribution in [-0.2, 0) is 24.7 Å². The van der Waals surface area contributed by atoms with E-state index in [1.807, 2.05) is 12.1 Å². The lowest BCUT2D eigenvalue weighted by molar-refractivity contribution is 0.344. The molecule has 0 saturated carbocycles. The third kappa shape index (κ3) is 4.95. The van der Waals surface area contributed by atoms with Gasteiger partial charge in [-0.15, -0.1) is 0 Å². The highest BCUT2D eigenvalue weighted by molar-refractivity contribution is 14.2. The molecule has 0 aliphatic rings. The Morgan fingerprint density at radius 3 is 2.67 bits per heavy atom. The van der Waals surface area contributed by atoms with Crippen LogP contribution in [0.2, 0.25) is 5.02 Å². The second-order valence-electron chi connectivity index (χ2n) is 6.36. The van der Waals surface area contributed by atoms with Crippen LogP contribution in [0.1, 0.15) is 17.8 Å². The molecule has 11 heteroatoms. The van der Waals surface area contributed by atoms with Crippen LogP contribution < -0.4 is 11.2 Å². The molecule has 0 radical (unpaired) electrons. The van der Waals surface area contributed by atoms with Gasteiger partial charge in [0.1, 0.15) is 6.61 Å². The predicted octanol–water partition coefficient (Wildman–Crippen LogP) is 2.29. The quantitative estimate of drug-likeness (QED) is 0.207. The molecule has 1 N–H and O–H groups in total. The van der Waals surface area contributed by atoms with Gasteiger partial charge >= 0.3 is 5.69 Å². The van der Waals surface area contributed by atoms with E-state index in [1.54, 1.807) is 23.7 Å². The first-order chi connectivity index (χ1) is 14.5. The number of fused-ring (bicyclic) bond motifs is 1. The standard InChI is InChI=1S/C19H19ClIN4O4P/c1-23-17-16(18(27)24(19(23)28)9-3-11-29-30-21)25(15(22-17)4-2-10-26)12-13-5-7-14(20)8-6-13/h5-8,26,30H,3,9-12H2,1H3. The maximum atomic E-state index is 13.2. The van der Waals surface area contributed by atoms with E-state index in [2.05, 4.69) is 38.9 Å². The average Bonchev–Trinajstić information content (AvgIpc) is 3.10. The van der Waals surface area contributed by atoms with Gasteiger partial charge in [0.15, 0.2) is 17.0 Å². The summed E-state index contributed by atoms with van der Waals surface area (Å²) in [5, 5.41) is 9.70. The van der Waals surface area contributed by atoms with Crippen LogP contribution in [-0.4, -0.2) is 37.0 Å². The SMILES string of the molecule is Cn1c(=O)n(CCCOPI)c(=O)c2c1nc(C#CCO)n2Cc1ccc(Cl)cc1. The number of aryl methyl sites for hydroxylation is 1. The minimum Gasteiger partial charge on any atom is -0.384 e. The molecule has 158 valence electrons. The minimum absolute atomic E-state index is 0.242. The highest BCUT2D eigenvalue weighted by atomic mass is 127. The Bertz CT molecular complexity index is 1220. The van der Waals surface area contributed by atoms with Crippen molar-refractivity contribution in [2.45, 2.75) is 19.5 Å². The zero-order valence-electron chi connectivity index (χ0n) is 16.1. The van der Waals surface area contributed by atoms with E-state index in [4.69, 9.17) is 21.2 Å². The molecule has 0 spiro atoms. The normalized spacial score (nSPS) is 11.3. The lowest BCUT2D eigenvalue weighted by Crippen LogP contribution is -2.40. The van der Waals surface area contributed by atoms with Gasteiger partial charge in [0.2, 0.25) is 0 Å². The third-order valence-electron chi connectivity index (χ3n) is 4.45. The van der Waals surface area contributed by atoms with Crippen molar-refractivity contribution < 1.29 is 9.63 Å². The lowest BCUT2D eigenvalue weighted by atomic mass is 10.2. The van der Waals surface area contributed by atoms with Crippen molar-refractivity contribution in [2.24, 2.45) is 7.05 Å². The Hall–Kier alpha value is -1.70. The van der Waals surface area contributed by atoms with Crippen LogP contribution in [0.4, 0.5) is 0 Å². The molecule has 0 saturated heterocycles. The van der Waals surface area contributed by atoms with Gasteiger partial charge in [-0.05, 0) is 52.1 Å². The first kappa shape index (κ1) is 23.0. The molecule has 0 fully saturated rings. The number of aromatic nitrogens is 4. The fraction of sp³-hybridized carbons (Fsp3) is 0.316. The topological polar surface area (TPSA) is 91.3 Å². The molecule has 0 amide bonds. The molecular formula is C19H19ClIN4O4P. The van der Waals surface area contributed by atoms with E-state index < -0.39 is 11.2 Å². The molecule has 30 heavy (non-hydrogen) atoms. The van der Waals surface area contributed by atoms with Crippen LogP contribution in [0.5, 0.6) is 0 Å². The zero-order chi connectivity index (χ0) is 21.7. The smallest absolute Gasteiger partial charge is 0.332 e. The van der Waals surface area contributed by atoms with Crippen molar-refractivity contribution in [3.63, 3.8) is 0 Å². The Kier molecular flexibility index (Phi) is 8.08. The van der Waals surface area contributed by atoms with E-state index in [0.717, 1.165) is 5.56 Å². The number of imidazole rings is 1. The van der Waals surface area contributed by atoms with Gasteiger partial charge in [0.25, 0.3) is 5.56 Å². The van der Waals surface area contributed by atoms with Crippen molar-refractivity contribution in [2.75, 3.05) is 13.2 Å². The molecule has 2 heterocycles. The molecule has 8 nitrogen and oxygen atoms in total. The summed E-state index contributed by atoms with van der Waals surface area (Å²) < 4.78 is 9.55. The monoisotopic (exact) mass is 560 g/mol. The number of benzene rings is 1. The first-order valence-corrected chi connectivity index (χ1v) is 13.4. The Morgan fingerprint density at radius 1 is 1.27 bits per heavy atom. The van der Waals surface area contributed by atoms with Gasteiger partial charge in [-0.1, -0.05) is 29.7 Å². The summed E-state index contributed by atoms with van der Waals surface area (Å²) in [6.45, 7) is 1.01. The lowest BCUT2D eigenvalue weighted by Gasteiger charge is -2.10. The number of nitrogens with zero attached hydrogens (tertiary/aromatic N) is 4. The Labute approximate surface area is 192 Å². The van der Waals surface area contributed by atoms with Crippen molar-refractivity contribution >= 4 is 51.3 Å². The number of rotatable bonds is 7. The number of aliphatic hydroxyl groups is 1. The van der Waals surface area contributed by atoms with Crippen LogP contribution in [0.15, 0.2) is 33.9 Å². The van der Waals surface area contributed by atoms with Gasteiger partial charge in [0.05, 0.1) is 19.6 Å². The fourth-order valence-electron chi connectivity index (χ4n) is 3.04. The average molecular weight is 561 g/mol. The van der Waals surface area contributed by atoms with Gasteiger partial charge in [-0.3, -0.25) is 13.9 Å². The molecule has 0 bridgehead atoms. The second-order valence-corrected chi connectivity index (χ2v) is 8.56. The summed E-state index contributed by atoms with van der Waals surface area (Å²) in [4.78, 5) is 30.4. The van der Waals surface area contributed by atoms with E-state index in [9.17, 15) is 9.59 Å². The maximum absolute atomic E-state index is 13.2. The molecule has 0 aliphatic heterocycles. The molecule has 0 aliphatic carbocycles. The summed E-state index contributed by atoms with van der Waals surface area (Å²) in [6.07, 6.45) is 0.541. The van der Waals surface area contributed by atoms with Crippen molar-refractivity contribution in [3.8, 4) is 11.8 Å². The molecule has 1 unspecified atom stereocenters. The number of halogens is 2. The second kappa shape index (κ2) is 10.6. The van der Waals surface area contributed by atoms with Crippen molar-refractivity contribution in [1.82, 2.24) is 18.7 Å². The predicted molar refractivity (Wildman–Crippen MR) is 127 cm³/mol. The van der Waals surface area contributed by atoms with E-state index in [0.29, 0.717) is 36.9 Å². The molecule has 3 rings (SSSR count). The van der Waals surface area contributed by atoms with Crippen LogP contribution in [0.3, 0.4) is 0 Å². The third-order valence-corrected chi connectivity index (χ3v) is 5.95. The number of hydrogen-bond acceptors (Lipinski definition) is 5. The summed E-state index contributed by atoms with van der Waals surface area (Å²) in [6, 6.07) is 7.22. The van der Waals surface area contributed by atoms with Crippen molar-refractivity contribution in [1.29, 1.82) is 0 Å². The van der Waals surface area contributed by atoms with Gasteiger partial charge in [0, 0.05) is 18.6 Å². The largest absolute Gasteiger partial charge is 0.384 e. The molecule has 3 aromatic rings. The van der Waals surface area contributed by atoms with Gasteiger partial charge < -0.3 is 14.2 Å². The summed E-state index contributed by atoms with van der Waals surface area (Å²) in [7, 11) is 1.58. The number of hydrogen-bond donors (Lipinski definition) is 1. The Balaban J connectivity index is 2.18. The molecular weight excluding hydrogens is 542 g/mol. The van der Waals surface area contributed by atoms with Crippen LogP contribution in [0, 0.1) is 11.8 Å². The Morgan fingerprint density at radius 2 is 2.00 bits per heavy atom. The zero-order valence-corrected chi connectivity index (χ0v) is 20.0. The van der Waals surface area contributed by atoms with Crippen LogP contribution in [0.25, 0.3) is 11.2 Å².